The molecular formula is C23H46IN7O. The van der Waals surface area contributed by atoms with Crippen LogP contribution in [0.1, 0.15) is 39.5 Å². The lowest BCUT2D eigenvalue weighted by Gasteiger charge is -2.39. The summed E-state index contributed by atoms with van der Waals surface area (Å²) >= 11 is 0. The molecule has 0 aromatic heterocycles. The van der Waals surface area contributed by atoms with Crippen LogP contribution < -0.4 is 5.32 Å². The zero-order chi connectivity index (χ0) is 22.1. The second-order valence-electron chi connectivity index (χ2n) is 9.32. The highest BCUT2D eigenvalue weighted by Gasteiger charge is 2.30. The summed E-state index contributed by atoms with van der Waals surface area (Å²) in [6.45, 7) is 17.6. The quantitative estimate of drug-likeness (QED) is 0.208. The van der Waals surface area contributed by atoms with Gasteiger partial charge in [0.15, 0.2) is 5.96 Å². The number of nitrogens with zero attached hydrogens (tertiary/aromatic N) is 6. The average Bonchev–Trinajstić information content (AvgIpc) is 3.33. The van der Waals surface area contributed by atoms with Crippen molar-refractivity contribution in [3.05, 3.63) is 0 Å². The molecular weight excluding hydrogens is 517 g/mol. The van der Waals surface area contributed by atoms with Gasteiger partial charge in [0, 0.05) is 78.5 Å². The first-order valence-corrected chi connectivity index (χ1v) is 12.6. The van der Waals surface area contributed by atoms with Gasteiger partial charge in [-0.15, -0.1) is 24.0 Å². The van der Waals surface area contributed by atoms with Crippen LogP contribution >= 0.6 is 24.0 Å². The fourth-order valence-electron chi connectivity index (χ4n) is 4.81. The van der Waals surface area contributed by atoms with E-state index in [1.165, 1.54) is 39.1 Å². The number of hydrogen-bond acceptors (Lipinski definition) is 5. The van der Waals surface area contributed by atoms with Crippen molar-refractivity contribution in [1.29, 1.82) is 0 Å². The number of halogens is 1. The second kappa shape index (κ2) is 14.6. The van der Waals surface area contributed by atoms with Gasteiger partial charge in [-0.05, 0) is 53.1 Å². The van der Waals surface area contributed by atoms with E-state index in [2.05, 4.69) is 45.8 Å². The van der Waals surface area contributed by atoms with Gasteiger partial charge >= 0.3 is 0 Å². The standard InChI is InChI=1S/C23H45N7O.HI/c1-4-24-23(25-9-5-6-10-27-15-13-26(3)14-16-27)30-19-17-28(18-20-30)21(2)22(31)29-11-7-8-12-29;/h21H,4-20H2,1-3H3,(H,24,25);1H. The number of guanidine groups is 1. The van der Waals surface area contributed by atoms with Gasteiger partial charge in [0.25, 0.3) is 0 Å². The lowest BCUT2D eigenvalue weighted by molar-refractivity contribution is -0.135. The van der Waals surface area contributed by atoms with Crippen LogP contribution in [-0.2, 0) is 4.79 Å². The number of amides is 1. The molecule has 3 fully saturated rings. The molecule has 1 amide bonds. The van der Waals surface area contributed by atoms with E-state index in [1.54, 1.807) is 0 Å². The average molecular weight is 564 g/mol. The van der Waals surface area contributed by atoms with Crippen LogP contribution in [0.4, 0.5) is 0 Å². The van der Waals surface area contributed by atoms with Crippen LogP contribution in [0.2, 0.25) is 0 Å². The van der Waals surface area contributed by atoms with Gasteiger partial charge in [-0.3, -0.25) is 14.7 Å². The normalized spacial score (nSPS) is 22.7. The number of hydrogen-bond donors (Lipinski definition) is 1. The van der Waals surface area contributed by atoms with Gasteiger partial charge in [0.1, 0.15) is 0 Å². The molecule has 1 N–H and O–H groups in total. The number of carbonyl (C=O) groups excluding carboxylic acids is 1. The van der Waals surface area contributed by atoms with Gasteiger partial charge < -0.3 is 24.9 Å². The van der Waals surface area contributed by atoms with Crippen molar-refractivity contribution in [2.75, 3.05) is 92.1 Å². The second-order valence-corrected chi connectivity index (χ2v) is 9.32. The number of carbonyl (C=O) groups is 1. The molecule has 0 aromatic carbocycles. The Bertz CT molecular complexity index is 569. The predicted molar refractivity (Wildman–Crippen MR) is 143 cm³/mol. The molecule has 0 aromatic rings. The van der Waals surface area contributed by atoms with E-state index in [4.69, 9.17) is 4.99 Å². The number of aliphatic imine (C=N–C) groups is 1. The van der Waals surface area contributed by atoms with E-state index >= 15 is 0 Å². The molecule has 3 rings (SSSR count). The van der Waals surface area contributed by atoms with Gasteiger partial charge in [-0.2, -0.15) is 0 Å². The number of unbranched alkanes of at least 4 members (excludes halogenated alkanes) is 1. The van der Waals surface area contributed by atoms with Crippen LogP contribution in [-0.4, -0.2) is 135 Å². The first kappa shape index (κ1) is 27.6. The molecule has 0 saturated carbocycles. The molecule has 0 radical (unpaired) electrons. The fourth-order valence-corrected chi connectivity index (χ4v) is 4.81. The van der Waals surface area contributed by atoms with Crippen molar-refractivity contribution >= 4 is 35.8 Å². The molecule has 32 heavy (non-hydrogen) atoms. The number of piperazine rings is 2. The molecule has 1 atom stereocenters. The SMILES string of the molecule is CCNC(=NCCCCN1CCN(C)CC1)N1CCN(C(C)C(=O)N2CCCC2)CC1.I. The summed E-state index contributed by atoms with van der Waals surface area (Å²) in [7, 11) is 2.21. The molecule has 3 heterocycles. The maximum absolute atomic E-state index is 12.7. The summed E-state index contributed by atoms with van der Waals surface area (Å²) in [5.41, 5.74) is 0. The summed E-state index contributed by atoms with van der Waals surface area (Å²) < 4.78 is 0. The highest BCUT2D eigenvalue weighted by Crippen LogP contribution is 2.14. The van der Waals surface area contributed by atoms with Crippen LogP contribution in [0.15, 0.2) is 4.99 Å². The van der Waals surface area contributed by atoms with Crippen LogP contribution in [0.25, 0.3) is 0 Å². The van der Waals surface area contributed by atoms with Crippen molar-refractivity contribution < 1.29 is 4.79 Å². The van der Waals surface area contributed by atoms with Gasteiger partial charge in [0.2, 0.25) is 5.91 Å². The van der Waals surface area contributed by atoms with E-state index < -0.39 is 0 Å². The number of nitrogens with one attached hydrogen (secondary N) is 1. The first-order valence-electron chi connectivity index (χ1n) is 12.6. The molecule has 0 bridgehead atoms. The zero-order valence-electron chi connectivity index (χ0n) is 20.6. The number of likely N-dealkylation sites (N-methyl/N-ethyl adjacent to an activating group) is 1. The van der Waals surface area contributed by atoms with E-state index in [0.717, 1.165) is 77.6 Å². The Hall–Kier alpha value is -0.650. The van der Waals surface area contributed by atoms with Gasteiger partial charge in [-0.25, -0.2) is 0 Å². The Morgan fingerprint density at radius 2 is 1.56 bits per heavy atom. The van der Waals surface area contributed by atoms with Crippen molar-refractivity contribution in [2.45, 2.75) is 45.6 Å². The molecule has 1 unspecified atom stereocenters. The maximum atomic E-state index is 12.7. The highest BCUT2D eigenvalue weighted by molar-refractivity contribution is 14.0. The summed E-state index contributed by atoms with van der Waals surface area (Å²) in [6.07, 6.45) is 4.67. The van der Waals surface area contributed by atoms with E-state index in [1.807, 2.05) is 4.90 Å². The van der Waals surface area contributed by atoms with Gasteiger partial charge in [-0.1, -0.05) is 0 Å². The Morgan fingerprint density at radius 1 is 0.906 bits per heavy atom. The minimum absolute atomic E-state index is 0. The monoisotopic (exact) mass is 563 g/mol. The minimum Gasteiger partial charge on any atom is -0.357 e. The molecule has 3 aliphatic rings. The third kappa shape index (κ3) is 8.29. The van der Waals surface area contributed by atoms with Crippen LogP contribution in [0.5, 0.6) is 0 Å². The van der Waals surface area contributed by atoms with Gasteiger partial charge in [0.05, 0.1) is 6.04 Å². The van der Waals surface area contributed by atoms with Crippen molar-refractivity contribution in [1.82, 2.24) is 29.8 Å². The highest BCUT2D eigenvalue weighted by atomic mass is 127. The summed E-state index contributed by atoms with van der Waals surface area (Å²) in [5, 5.41) is 3.48. The molecule has 186 valence electrons. The maximum Gasteiger partial charge on any atom is 0.239 e. The zero-order valence-corrected chi connectivity index (χ0v) is 22.9. The molecule has 3 saturated heterocycles. The van der Waals surface area contributed by atoms with E-state index in [0.29, 0.717) is 5.91 Å². The molecule has 0 spiro atoms. The predicted octanol–water partition coefficient (Wildman–Crippen LogP) is 1.23. The van der Waals surface area contributed by atoms with Crippen LogP contribution in [0.3, 0.4) is 0 Å². The van der Waals surface area contributed by atoms with E-state index in [-0.39, 0.29) is 30.0 Å². The Labute approximate surface area is 212 Å². The summed E-state index contributed by atoms with van der Waals surface area (Å²) in [5.74, 6) is 1.35. The fraction of sp³-hybridized carbons (Fsp3) is 0.913. The lowest BCUT2D eigenvalue weighted by Crippen LogP contribution is -2.57. The van der Waals surface area contributed by atoms with Crippen LogP contribution in [0, 0.1) is 0 Å². The lowest BCUT2D eigenvalue weighted by atomic mass is 10.2. The molecule has 3 aliphatic heterocycles. The topological polar surface area (TPSA) is 57.7 Å². The third-order valence-corrected chi connectivity index (χ3v) is 7.01. The summed E-state index contributed by atoms with van der Waals surface area (Å²) in [4.78, 5) is 29.4. The van der Waals surface area contributed by atoms with Crippen molar-refractivity contribution in [3.63, 3.8) is 0 Å². The molecule has 8 nitrogen and oxygen atoms in total. The third-order valence-electron chi connectivity index (χ3n) is 7.01. The smallest absolute Gasteiger partial charge is 0.239 e. The van der Waals surface area contributed by atoms with E-state index in [9.17, 15) is 4.79 Å². The summed E-state index contributed by atoms with van der Waals surface area (Å²) in [6, 6.07) is -0.00523. The number of likely N-dealkylation sites (tertiary alicyclic amines) is 1. The van der Waals surface area contributed by atoms with Crippen molar-refractivity contribution in [3.8, 4) is 0 Å². The minimum atomic E-state index is -0.00523. The Balaban J connectivity index is 0.00000363. The Morgan fingerprint density at radius 3 is 2.19 bits per heavy atom. The largest absolute Gasteiger partial charge is 0.357 e. The molecule has 0 aliphatic carbocycles. The van der Waals surface area contributed by atoms with Crippen molar-refractivity contribution in [2.24, 2.45) is 4.99 Å². The molecule has 9 heteroatoms. The first-order chi connectivity index (χ1) is 15.1. The Kier molecular flexibility index (Phi) is 12.6. The number of rotatable bonds is 8.